The molecule has 3 aromatic rings. The van der Waals surface area contributed by atoms with Crippen LogP contribution < -0.4 is 10.2 Å². The molecule has 0 saturated carbocycles. The summed E-state index contributed by atoms with van der Waals surface area (Å²) in [6.45, 7) is 12.1. The molecule has 7 heteroatoms. The lowest BCUT2D eigenvalue weighted by Gasteiger charge is -2.39. The minimum Gasteiger partial charge on any atom is -0.342 e. The first kappa shape index (κ1) is 23.5. The summed E-state index contributed by atoms with van der Waals surface area (Å²) < 4.78 is 0. The SMILES string of the molecule is CC(=O)N1CC(Cc2ccc(C(C)C)c3cc(Nc4ccnc(N5CCCC(C)C5)n4)ncc23)C1. The van der Waals surface area contributed by atoms with Gasteiger partial charge in [-0.3, -0.25) is 4.79 Å². The molecule has 1 aromatic carbocycles. The molecule has 2 aliphatic heterocycles. The highest BCUT2D eigenvalue weighted by atomic mass is 16.2. The Morgan fingerprint density at radius 1 is 1.11 bits per heavy atom. The van der Waals surface area contributed by atoms with Crippen LogP contribution in [0.15, 0.2) is 36.7 Å². The molecule has 4 heterocycles. The predicted molar refractivity (Wildman–Crippen MR) is 141 cm³/mol. The minimum absolute atomic E-state index is 0.168. The number of amides is 1. The van der Waals surface area contributed by atoms with Crippen LogP contribution in [0.25, 0.3) is 10.8 Å². The molecule has 1 amide bonds. The minimum atomic E-state index is 0.168. The molecule has 0 radical (unpaired) electrons. The summed E-state index contributed by atoms with van der Waals surface area (Å²) in [6.07, 6.45) is 7.24. The Balaban J connectivity index is 1.39. The van der Waals surface area contributed by atoms with Gasteiger partial charge in [0.25, 0.3) is 0 Å². The number of likely N-dealkylation sites (tertiary alicyclic amines) is 1. The van der Waals surface area contributed by atoms with Crippen molar-refractivity contribution in [1.82, 2.24) is 19.9 Å². The summed E-state index contributed by atoms with van der Waals surface area (Å²) in [5.41, 5.74) is 2.62. The zero-order chi connectivity index (χ0) is 24.5. The Morgan fingerprint density at radius 2 is 1.94 bits per heavy atom. The monoisotopic (exact) mass is 472 g/mol. The van der Waals surface area contributed by atoms with Gasteiger partial charge in [0.05, 0.1) is 0 Å². The molecule has 1 unspecified atom stereocenters. The second-order valence-electron chi connectivity index (χ2n) is 10.6. The Hall–Kier alpha value is -3.22. The highest BCUT2D eigenvalue weighted by Crippen LogP contribution is 2.32. The molecule has 1 atom stereocenters. The average Bonchev–Trinajstić information content (AvgIpc) is 2.80. The molecule has 0 bridgehead atoms. The van der Waals surface area contributed by atoms with E-state index in [-0.39, 0.29) is 5.91 Å². The van der Waals surface area contributed by atoms with E-state index in [0.717, 1.165) is 50.2 Å². The van der Waals surface area contributed by atoms with Crippen molar-refractivity contribution < 1.29 is 4.79 Å². The maximum atomic E-state index is 11.6. The van der Waals surface area contributed by atoms with Gasteiger partial charge in [0, 0.05) is 50.9 Å². The summed E-state index contributed by atoms with van der Waals surface area (Å²) in [6, 6.07) is 8.56. The summed E-state index contributed by atoms with van der Waals surface area (Å²) in [5, 5.41) is 5.86. The number of rotatable bonds is 6. The first-order valence-electron chi connectivity index (χ1n) is 12.9. The molecule has 2 saturated heterocycles. The van der Waals surface area contributed by atoms with Crippen LogP contribution in [-0.2, 0) is 11.2 Å². The van der Waals surface area contributed by atoms with Gasteiger partial charge >= 0.3 is 0 Å². The van der Waals surface area contributed by atoms with E-state index in [4.69, 9.17) is 9.97 Å². The molecule has 1 N–H and O–H groups in total. The van der Waals surface area contributed by atoms with Crippen molar-refractivity contribution in [1.29, 1.82) is 0 Å². The van der Waals surface area contributed by atoms with E-state index in [1.54, 1.807) is 6.92 Å². The van der Waals surface area contributed by atoms with Crippen molar-refractivity contribution in [3.63, 3.8) is 0 Å². The number of benzene rings is 1. The predicted octanol–water partition coefficient (Wildman–Crippen LogP) is 5.15. The normalized spacial score (nSPS) is 18.7. The first-order chi connectivity index (χ1) is 16.9. The highest BCUT2D eigenvalue weighted by Gasteiger charge is 2.29. The van der Waals surface area contributed by atoms with Gasteiger partial charge in [-0.15, -0.1) is 0 Å². The van der Waals surface area contributed by atoms with Gasteiger partial charge in [-0.1, -0.05) is 32.9 Å². The van der Waals surface area contributed by atoms with E-state index in [2.05, 4.69) is 54.2 Å². The number of nitrogens with zero attached hydrogens (tertiary/aromatic N) is 5. The Kier molecular flexibility index (Phi) is 6.58. The van der Waals surface area contributed by atoms with Gasteiger partial charge in [-0.05, 0) is 65.7 Å². The molecule has 35 heavy (non-hydrogen) atoms. The quantitative estimate of drug-likeness (QED) is 0.535. The molecule has 0 spiro atoms. The molecule has 2 fully saturated rings. The van der Waals surface area contributed by atoms with Crippen LogP contribution in [0.3, 0.4) is 0 Å². The fourth-order valence-electron chi connectivity index (χ4n) is 5.41. The maximum absolute atomic E-state index is 11.6. The smallest absolute Gasteiger partial charge is 0.227 e. The van der Waals surface area contributed by atoms with Crippen LogP contribution in [0.4, 0.5) is 17.6 Å². The van der Waals surface area contributed by atoms with Gasteiger partial charge in [0.15, 0.2) is 0 Å². The number of pyridine rings is 1. The number of fused-ring (bicyclic) bond motifs is 1. The number of piperidine rings is 1. The van der Waals surface area contributed by atoms with Crippen molar-refractivity contribution in [3.05, 3.63) is 47.8 Å². The summed E-state index contributed by atoms with van der Waals surface area (Å²) in [7, 11) is 0. The lowest BCUT2D eigenvalue weighted by molar-refractivity contribution is -0.134. The molecule has 5 rings (SSSR count). The van der Waals surface area contributed by atoms with Crippen molar-refractivity contribution in [3.8, 4) is 0 Å². The van der Waals surface area contributed by atoms with E-state index in [1.165, 1.54) is 34.7 Å². The van der Waals surface area contributed by atoms with Gasteiger partial charge < -0.3 is 15.1 Å². The lowest BCUT2D eigenvalue weighted by Crippen LogP contribution is -2.49. The number of carbonyl (C=O) groups excluding carboxylic acids is 1. The third-order valence-corrected chi connectivity index (χ3v) is 7.40. The Bertz CT molecular complexity index is 1220. The summed E-state index contributed by atoms with van der Waals surface area (Å²) in [5.74, 6) is 4.10. The van der Waals surface area contributed by atoms with Crippen LogP contribution >= 0.6 is 0 Å². The standard InChI is InChI=1S/C28H36N6O/c1-18(2)23-8-7-22(12-21-16-34(17-21)20(4)35)25-14-30-27(13-24(23)25)31-26-9-10-29-28(32-26)33-11-5-6-19(3)15-33/h7-10,13-14,18-19,21H,5-6,11-12,15-17H2,1-4H3,(H,29,30,31,32). The van der Waals surface area contributed by atoms with Gasteiger partial charge in [-0.25, -0.2) is 9.97 Å². The third kappa shape index (κ3) is 5.09. The zero-order valence-corrected chi connectivity index (χ0v) is 21.3. The van der Waals surface area contributed by atoms with Gasteiger partial charge in [0.2, 0.25) is 11.9 Å². The van der Waals surface area contributed by atoms with E-state index < -0.39 is 0 Å². The van der Waals surface area contributed by atoms with Crippen LogP contribution in [-0.4, -0.2) is 51.9 Å². The Labute approximate surface area is 208 Å². The number of hydrogen-bond acceptors (Lipinski definition) is 6. The molecule has 2 aliphatic rings. The fraction of sp³-hybridized carbons (Fsp3) is 0.500. The number of aromatic nitrogens is 3. The number of nitrogens with one attached hydrogen (secondary N) is 1. The van der Waals surface area contributed by atoms with Crippen molar-refractivity contribution in [2.45, 2.75) is 52.9 Å². The molecular weight excluding hydrogens is 436 g/mol. The van der Waals surface area contributed by atoms with Crippen LogP contribution in [0.2, 0.25) is 0 Å². The molecule has 184 valence electrons. The van der Waals surface area contributed by atoms with E-state index in [0.29, 0.717) is 17.8 Å². The Morgan fingerprint density at radius 3 is 2.69 bits per heavy atom. The fourth-order valence-corrected chi connectivity index (χ4v) is 5.41. The van der Waals surface area contributed by atoms with Crippen LogP contribution in [0, 0.1) is 11.8 Å². The van der Waals surface area contributed by atoms with Crippen LogP contribution in [0.1, 0.15) is 57.6 Å². The van der Waals surface area contributed by atoms with E-state index >= 15 is 0 Å². The van der Waals surface area contributed by atoms with Crippen molar-refractivity contribution in [2.75, 3.05) is 36.4 Å². The molecular formula is C28H36N6O. The molecule has 0 aliphatic carbocycles. The zero-order valence-electron chi connectivity index (χ0n) is 21.3. The summed E-state index contributed by atoms with van der Waals surface area (Å²) in [4.78, 5) is 29.8. The maximum Gasteiger partial charge on any atom is 0.227 e. The van der Waals surface area contributed by atoms with Gasteiger partial charge in [0.1, 0.15) is 11.6 Å². The van der Waals surface area contributed by atoms with Crippen molar-refractivity contribution in [2.24, 2.45) is 11.8 Å². The number of hydrogen-bond donors (Lipinski definition) is 1. The van der Waals surface area contributed by atoms with E-state index in [9.17, 15) is 4.79 Å². The van der Waals surface area contributed by atoms with E-state index in [1.807, 2.05) is 23.4 Å². The first-order valence-corrected chi connectivity index (χ1v) is 12.9. The van der Waals surface area contributed by atoms with Gasteiger partial charge in [-0.2, -0.15) is 4.98 Å². The van der Waals surface area contributed by atoms with Crippen molar-refractivity contribution >= 4 is 34.3 Å². The highest BCUT2D eigenvalue weighted by molar-refractivity contribution is 5.90. The topological polar surface area (TPSA) is 74.2 Å². The molecule has 7 nitrogen and oxygen atoms in total. The average molecular weight is 473 g/mol. The number of carbonyl (C=O) groups is 1. The lowest BCUT2D eigenvalue weighted by atomic mass is 9.87. The third-order valence-electron chi connectivity index (χ3n) is 7.40. The van der Waals surface area contributed by atoms with Crippen LogP contribution in [0.5, 0.6) is 0 Å². The number of anilines is 3. The second-order valence-corrected chi connectivity index (χ2v) is 10.6. The summed E-state index contributed by atoms with van der Waals surface area (Å²) >= 11 is 0. The second kappa shape index (κ2) is 9.80. The largest absolute Gasteiger partial charge is 0.342 e. The molecule has 2 aromatic heterocycles.